The Morgan fingerprint density at radius 3 is 2.36 bits per heavy atom. The van der Waals surface area contributed by atoms with Crippen LogP contribution in [0, 0.1) is 6.92 Å². The van der Waals surface area contributed by atoms with Gasteiger partial charge in [-0.1, -0.05) is 18.2 Å². The fourth-order valence-electron chi connectivity index (χ4n) is 3.10. The molecular weight excluding hydrogens is 358 g/mol. The Labute approximate surface area is 164 Å². The van der Waals surface area contributed by atoms with Gasteiger partial charge in [0.05, 0.1) is 11.4 Å². The molecule has 1 fully saturated rings. The average molecular weight is 385 g/mol. The molecule has 0 unspecified atom stereocenters. The molecule has 0 radical (unpaired) electrons. The van der Waals surface area contributed by atoms with Gasteiger partial charge in [0.25, 0.3) is 5.91 Å². The average Bonchev–Trinajstić information content (AvgIpc) is 3.02. The highest BCUT2D eigenvalue weighted by Crippen LogP contribution is 2.16. The van der Waals surface area contributed by atoms with Crippen molar-refractivity contribution in [3.05, 3.63) is 41.7 Å². The van der Waals surface area contributed by atoms with Crippen LogP contribution in [0.15, 0.2) is 30.3 Å². The lowest BCUT2D eigenvalue weighted by Gasteiger charge is -2.32. The molecule has 0 atom stereocenters. The zero-order valence-electron chi connectivity index (χ0n) is 16.8. The van der Waals surface area contributed by atoms with Gasteiger partial charge in [0.2, 0.25) is 0 Å². The molecule has 1 aliphatic heterocycles. The normalized spacial score (nSPS) is 15.4. The molecule has 0 spiro atoms. The largest absolute Gasteiger partial charge is 0.444 e. The number of ether oxygens (including phenoxy) is 1. The molecule has 0 bridgehead atoms. The Balaban J connectivity index is 1.59. The lowest BCUT2D eigenvalue weighted by molar-refractivity contribution is 0.0473. The number of likely N-dealkylation sites (tertiary alicyclic amines) is 1. The summed E-state index contributed by atoms with van der Waals surface area (Å²) in [7, 11) is 0. The van der Waals surface area contributed by atoms with E-state index in [0.29, 0.717) is 37.3 Å². The number of aromatic nitrogens is 3. The maximum Gasteiger partial charge on any atom is 0.407 e. The van der Waals surface area contributed by atoms with Crippen LogP contribution in [0.2, 0.25) is 0 Å². The zero-order chi connectivity index (χ0) is 20.3. The van der Waals surface area contributed by atoms with Crippen molar-refractivity contribution in [1.82, 2.24) is 25.2 Å². The predicted octanol–water partition coefficient (Wildman–Crippen LogP) is 2.71. The van der Waals surface area contributed by atoms with E-state index in [1.54, 1.807) is 11.8 Å². The Morgan fingerprint density at radius 2 is 1.75 bits per heavy atom. The summed E-state index contributed by atoms with van der Waals surface area (Å²) in [6.45, 7) is 8.39. The number of para-hydroxylation sites is 1. The van der Waals surface area contributed by atoms with Crippen molar-refractivity contribution in [1.29, 1.82) is 0 Å². The molecule has 1 aliphatic rings. The number of piperidine rings is 1. The third-order valence-corrected chi connectivity index (χ3v) is 4.47. The molecule has 2 amide bonds. The van der Waals surface area contributed by atoms with Gasteiger partial charge >= 0.3 is 6.09 Å². The van der Waals surface area contributed by atoms with E-state index in [9.17, 15) is 9.59 Å². The minimum atomic E-state index is -0.525. The molecular formula is C20H27N5O3. The highest BCUT2D eigenvalue weighted by molar-refractivity contribution is 5.93. The minimum absolute atomic E-state index is 0.00000176. The molecule has 0 saturated carbocycles. The first-order valence-electron chi connectivity index (χ1n) is 9.51. The zero-order valence-corrected chi connectivity index (χ0v) is 16.8. The number of amides is 2. The highest BCUT2D eigenvalue weighted by Gasteiger charge is 2.28. The lowest BCUT2D eigenvalue weighted by atomic mass is 10.0. The number of benzene rings is 1. The smallest absolute Gasteiger partial charge is 0.407 e. The molecule has 1 aromatic carbocycles. The van der Waals surface area contributed by atoms with E-state index in [-0.39, 0.29) is 11.9 Å². The molecule has 150 valence electrons. The Morgan fingerprint density at radius 1 is 1.11 bits per heavy atom. The number of aryl methyl sites for hydroxylation is 1. The van der Waals surface area contributed by atoms with E-state index in [1.807, 2.05) is 51.1 Å². The SMILES string of the molecule is Cc1nn(-c2ccccc2)nc1C(=O)N1CCC(NC(=O)OC(C)(C)C)CC1. The first-order chi connectivity index (χ1) is 13.2. The van der Waals surface area contributed by atoms with E-state index in [2.05, 4.69) is 15.5 Å². The molecule has 1 saturated heterocycles. The predicted molar refractivity (Wildman–Crippen MR) is 104 cm³/mol. The van der Waals surface area contributed by atoms with Crippen LogP contribution in [0.25, 0.3) is 5.69 Å². The topological polar surface area (TPSA) is 89.4 Å². The summed E-state index contributed by atoms with van der Waals surface area (Å²) < 4.78 is 5.29. The van der Waals surface area contributed by atoms with Gasteiger partial charge in [-0.2, -0.15) is 9.90 Å². The first-order valence-corrected chi connectivity index (χ1v) is 9.51. The van der Waals surface area contributed by atoms with Gasteiger partial charge < -0.3 is 15.0 Å². The molecule has 3 rings (SSSR count). The summed E-state index contributed by atoms with van der Waals surface area (Å²) in [6.07, 6.45) is 0.937. The lowest BCUT2D eigenvalue weighted by Crippen LogP contribution is -2.47. The Hall–Kier alpha value is -2.90. The number of hydrogen-bond donors (Lipinski definition) is 1. The van der Waals surface area contributed by atoms with Crippen LogP contribution >= 0.6 is 0 Å². The van der Waals surface area contributed by atoms with Crippen molar-refractivity contribution in [3.8, 4) is 5.69 Å². The fraction of sp³-hybridized carbons (Fsp3) is 0.500. The summed E-state index contributed by atoms with van der Waals surface area (Å²) in [5.74, 6) is -0.129. The van der Waals surface area contributed by atoms with Crippen LogP contribution in [-0.2, 0) is 4.74 Å². The number of nitrogens with one attached hydrogen (secondary N) is 1. The Kier molecular flexibility index (Phi) is 5.67. The summed E-state index contributed by atoms with van der Waals surface area (Å²) >= 11 is 0. The summed E-state index contributed by atoms with van der Waals surface area (Å²) in [5, 5.41) is 11.6. The van der Waals surface area contributed by atoms with Gasteiger partial charge in [0, 0.05) is 19.1 Å². The van der Waals surface area contributed by atoms with Gasteiger partial charge in [-0.05, 0) is 52.7 Å². The standard InChI is InChI=1S/C20H27N5O3/c1-14-17(23-25(22-14)16-8-6-5-7-9-16)18(26)24-12-10-15(11-13-24)21-19(27)28-20(2,3)4/h5-9,15H,10-13H2,1-4H3,(H,21,27). The molecule has 1 N–H and O–H groups in total. The Bertz CT molecular complexity index is 833. The molecule has 8 heteroatoms. The van der Waals surface area contributed by atoms with Crippen LogP contribution < -0.4 is 5.32 Å². The maximum atomic E-state index is 12.9. The van der Waals surface area contributed by atoms with E-state index in [1.165, 1.54) is 4.80 Å². The summed E-state index contributed by atoms with van der Waals surface area (Å²) in [4.78, 5) is 28.0. The molecule has 28 heavy (non-hydrogen) atoms. The fourth-order valence-corrected chi connectivity index (χ4v) is 3.10. The van der Waals surface area contributed by atoms with Gasteiger partial charge in [-0.15, -0.1) is 5.10 Å². The highest BCUT2D eigenvalue weighted by atomic mass is 16.6. The first kappa shape index (κ1) is 19.9. The van der Waals surface area contributed by atoms with Gasteiger partial charge in [-0.3, -0.25) is 4.79 Å². The second kappa shape index (κ2) is 8.00. The quantitative estimate of drug-likeness (QED) is 0.877. The van der Waals surface area contributed by atoms with E-state index < -0.39 is 11.7 Å². The van der Waals surface area contributed by atoms with Gasteiger partial charge in [0.1, 0.15) is 5.60 Å². The third kappa shape index (κ3) is 4.88. The molecule has 2 heterocycles. The van der Waals surface area contributed by atoms with E-state index >= 15 is 0 Å². The number of carbonyl (C=O) groups is 2. The second-order valence-electron chi connectivity index (χ2n) is 7.97. The number of hydrogen-bond acceptors (Lipinski definition) is 5. The van der Waals surface area contributed by atoms with Crippen molar-refractivity contribution < 1.29 is 14.3 Å². The van der Waals surface area contributed by atoms with Crippen LogP contribution in [0.4, 0.5) is 4.79 Å². The van der Waals surface area contributed by atoms with Crippen LogP contribution in [0.5, 0.6) is 0 Å². The summed E-state index contributed by atoms with van der Waals surface area (Å²) in [6, 6.07) is 9.50. The molecule has 0 aliphatic carbocycles. The molecule has 8 nitrogen and oxygen atoms in total. The van der Waals surface area contributed by atoms with Gasteiger partial charge in [-0.25, -0.2) is 4.79 Å². The van der Waals surface area contributed by atoms with Crippen molar-refractivity contribution in [2.45, 2.75) is 52.2 Å². The maximum absolute atomic E-state index is 12.9. The van der Waals surface area contributed by atoms with Crippen LogP contribution in [-0.4, -0.2) is 56.6 Å². The minimum Gasteiger partial charge on any atom is -0.444 e. The third-order valence-electron chi connectivity index (χ3n) is 4.47. The number of nitrogens with zero attached hydrogens (tertiary/aromatic N) is 4. The number of carbonyl (C=O) groups excluding carboxylic acids is 2. The van der Waals surface area contributed by atoms with Crippen molar-refractivity contribution >= 4 is 12.0 Å². The van der Waals surface area contributed by atoms with Crippen molar-refractivity contribution in [2.24, 2.45) is 0 Å². The van der Waals surface area contributed by atoms with Gasteiger partial charge in [0.15, 0.2) is 5.69 Å². The summed E-state index contributed by atoms with van der Waals surface area (Å²) in [5.41, 5.74) is 1.25. The van der Waals surface area contributed by atoms with E-state index in [0.717, 1.165) is 5.69 Å². The van der Waals surface area contributed by atoms with Crippen molar-refractivity contribution in [3.63, 3.8) is 0 Å². The van der Waals surface area contributed by atoms with E-state index in [4.69, 9.17) is 4.74 Å². The van der Waals surface area contributed by atoms with Crippen LogP contribution in [0.1, 0.15) is 49.8 Å². The molecule has 1 aromatic heterocycles. The monoisotopic (exact) mass is 385 g/mol. The second-order valence-corrected chi connectivity index (χ2v) is 7.97. The molecule has 2 aromatic rings. The number of rotatable bonds is 3. The van der Waals surface area contributed by atoms with Crippen molar-refractivity contribution in [2.75, 3.05) is 13.1 Å². The van der Waals surface area contributed by atoms with Crippen LogP contribution in [0.3, 0.4) is 0 Å². The number of alkyl carbamates (subject to hydrolysis) is 1.